The average Bonchev–Trinajstić information content (AvgIpc) is 2.59. The predicted molar refractivity (Wildman–Crippen MR) is 72.2 cm³/mol. The topological polar surface area (TPSA) is 89.3 Å². The Balaban J connectivity index is 2.19. The van der Waals surface area contributed by atoms with Gasteiger partial charge in [0, 0.05) is 12.6 Å². The Morgan fingerprint density at radius 2 is 2.05 bits per heavy atom. The molecule has 1 aromatic rings. The molecule has 1 unspecified atom stereocenters. The fraction of sp³-hybridized carbons (Fsp3) is 0.462. The van der Waals surface area contributed by atoms with Gasteiger partial charge in [-0.3, -0.25) is 4.79 Å². The zero-order valence-electron chi connectivity index (χ0n) is 11.0. The second kappa shape index (κ2) is 4.61. The number of primary amides is 1. The summed E-state index contributed by atoms with van der Waals surface area (Å²) in [5.74, 6) is -0.379. The van der Waals surface area contributed by atoms with Crippen molar-refractivity contribution in [1.82, 2.24) is 5.32 Å². The maximum absolute atomic E-state index is 12.0. The Bertz CT molecular complexity index is 608. The lowest BCUT2D eigenvalue weighted by atomic mass is 9.92. The van der Waals surface area contributed by atoms with Crippen LogP contribution in [0.1, 0.15) is 25.5 Å². The van der Waals surface area contributed by atoms with E-state index < -0.39 is 21.2 Å². The van der Waals surface area contributed by atoms with Crippen LogP contribution < -0.4 is 11.1 Å². The molecule has 3 N–H and O–H groups in total. The lowest BCUT2D eigenvalue weighted by molar-refractivity contribution is -0.125. The van der Waals surface area contributed by atoms with Crippen molar-refractivity contribution in [2.24, 2.45) is 11.1 Å². The van der Waals surface area contributed by atoms with Crippen LogP contribution in [0.2, 0.25) is 0 Å². The summed E-state index contributed by atoms with van der Waals surface area (Å²) in [5, 5.41) is 3.14. The summed E-state index contributed by atoms with van der Waals surface area (Å²) in [5.41, 5.74) is 5.37. The van der Waals surface area contributed by atoms with Gasteiger partial charge < -0.3 is 11.1 Å². The quantitative estimate of drug-likeness (QED) is 0.847. The molecule has 0 fully saturated rings. The molecule has 104 valence electrons. The van der Waals surface area contributed by atoms with Crippen LogP contribution in [0.4, 0.5) is 0 Å². The Morgan fingerprint density at radius 1 is 1.42 bits per heavy atom. The van der Waals surface area contributed by atoms with E-state index >= 15 is 0 Å². The van der Waals surface area contributed by atoms with Crippen LogP contribution in [0, 0.1) is 5.41 Å². The molecule has 0 bridgehead atoms. The number of nitrogens with two attached hydrogens (primary N) is 1. The van der Waals surface area contributed by atoms with E-state index in [0.29, 0.717) is 11.4 Å². The minimum absolute atomic E-state index is 0.0290. The molecule has 0 aromatic heterocycles. The highest BCUT2D eigenvalue weighted by Crippen LogP contribution is 2.33. The zero-order valence-corrected chi connectivity index (χ0v) is 11.8. The number of rotatable bonds is 4. The van der Waals surface area contributed by atoms with Crippen LogP contribution in [0.15, 0.2) is 29.2 Å². The molecule has 1 aromatic carbocycles. The van der Waals surface area contributed by atoms with E-state index in [1.165, 1.54) is 0 Å². The largest absolute Gasteiger partial charge is 0.369 e. The second-order valence-electron chi connectivity index (χ2n) is 5.50. The van der Waals surface area contributed by atoms with Gasteiger partial charge in [0.05, 0.1) is 16.1 Å². The highest BCUT2D eigenvalue weighted by Gasteiger charge is 2.35. The summed E-state index contributed by atoms with van der Waals surface area (Å²) in [7, 11) is -3.22. The van der Waals surface area contributed by atoms with Crippen molar-refractivity contribution >= 4 is 15.7 Å². The van der Waals surface area contributed by atoms with Crippen molar-refractivity contribution in [3.05, 3.63) is 29.8 Å². The summed E-state index contributed by atoms with van der Waals surface area (Å²) in [6.45, 7) is 3.81. The molecule has 0 spiro atoms. The molecule has 1 aliphatic rings. The summed E-state index contributed by atoms with van der Waals surface area (Å²) >= 11 is 0. The van der Waals surface area contributed by atoms with Crippen molar-refractivity contribution in [3.63, 3.8) is 0 Å². The maximum atomic E-state index is 12.0. The number of carbonyl (C=O) groups is 1. The number of hydrogen-bond donors (Lipinski definition) is 2. The molecule has 19 heavy (non-hydrogen) atoms. The molecule has 1 aliphatic heterocycles. The van der Waals surface area contributed by atoms with Crippen LogP contribution in [0.3, 0.4) is 0 Å². The lowest BCUT2D eigenvalue weighted by Crippen LogP contribution is -2.41. The number of sulfone groups is 1. The van der Waals surface area contributed by atoms with Gasteiger partial charge in [0.1, 0.15) is 0 Å². The van der Waals surface area contributed by atoms with Crippen molar-refractivity contribution < 1.29 is 13.2 Å². The summed E-state index contributed by atoms with van der Waals surface area (Å²) in [6.07, 6.45) is 0. The van der Waals surface area contributed by atoms with Gasteiger partial charge in [-0.2, -0.15) is 0 Å². The van der Waals surface area contributed by atoms with Gasteiger partial charge in [-0.1, -0.05) is 18.2 Å². The second-order valence-corrected chi connectivity index (χ2v) is 7.50. The Hall–Kier alpha value is -1.40. The molecule has 0 saturated heterocycles. The number of amides is 1. The molecule has 0 radical (unpaired) electrons. The monoisotopic (exact) mass is 282 g/mol. The number of carbonyl (C=O) groups excluding carboxylic acids is 1. The van der Waals surface area contributed by atoms with E-state index in [1.807, 2.05) is 6.07 Å². The minimum Gasteiger partial charge on any atom is -0.369 e. The SMILES string of the molecule is CC(C)(CNC1CS(=O)(=O)c2ccccc21)C(N)=O. The highest BCUT2D eigenvalue weighted by molar-refractivity contribution is 7.91. The van der Waals surface area contributed by atoms with Crippen LogP contribution >= 0.6 is 0 Å². The standard InChI is InChI=1S/C13H18N2O3S/c1-13(2,12(14)16)8-15-10-7-19(17,18)11-6-4-3-5-9(10)11/h3-6,10,15H,7-8H2,1-2H3,(H2,14,16). The van der Waals surface area contributed by atoms with Crippen LogP contribution in [0.25, 0.3) is 0 Å². The fourth-order valence-electron chi connectivity index (χ4n) is 2.08. The van der Waals surface area contributed by atoms with Crippen molar-refractivity contribution in [2.45, 2.75) is 24.8 Å². The Kier molecular flexibility index (Phi) is 3.40. The first kappa shape index (κ1) is 14.0. The maximum Gasteiger partial charge on any atom is 0.224 e. The number of nitrogens with one attached hydrogen (secondary N) is 1. The number of hydrogen-bond acceptors (Lipinski definition) is 4. The van der Waals surface area contributed by atoms with Crippen molar-refractivity contribution in [3.8, 4) is 0 Å². The first-order valence-electron chi connectivity index (χ1n) is 6.09. The van der Waals surface area contributed by atoms with E-state index in [0.717, 1.165) is 5.56 Å². The van der Waals surface area contributed by atoms with Crippen molar-refractivity contribution in [1.29, 1.82) is 0 Å². The van der Waals surface area contributed by atoms with E-state index in [1.54, 1.807) is 32.0 Å². The van der Waals surface area contributed by atoms with Gasteiger partial charge in [0.2, 0.25) is 5.91 Å². The first-order chi connectivity index (χ1) is 8.74. The third kappa shape index (κ3) is 2.64. The molecule has 1 heterocycles. The lowest BCUT2D eigenvalue weighted by Gasteiger charge is -2.23. The third-order valence-corrected chi connectivity index (χ3v) is 5.29. The van der Waals surface area contributed by atoms with Crippen LogP contribution in [-0.2, 0) is 14.6 Å². The van der Waals surface area contributed by atoms with Gasteiger partial charge in [-0.25, -0.2) is 8.42 Å². The normalized spacial score (nSPS) is 21.1. The number of fused-ring (bicyclic) bond motifs is 1. The summed E-state index contributed by atoms with van der Waals surface area (Å²) < 4.78 is 24.0. The van der Waals surface area contributed by atoms with E-state index in [-0.39, 0.29) is 11.8 Å². The minimum atomic E-state index is -3.22. The molecule has 0 saturated carbocycles. The van der Waals surface area contributed by atoms with Gasteiger partial charge in [0.25, 0.3) is 0 Å². The molecule has 1 atom stereocenters. The van der Waals surface area contributed by atoms with Gasteiger partial charge in [0.15, 0.2) is 9.84 Å². The third-order valence-electron chi connectivity index (χ3n) is 3.47. The highest BCUT2D eigenvalue weighted by atomic mass is 32.2. The van der Waals surface area contributed by atoms with E-state index in [4.69, 9.17) is 5.73 Å². The molecule has 5 nitrogen and oxygen atoms in total. The van der Waals surface area contributed by atoms with Crippen molar-refractivity contribution in [2.75, 3.05) is 12.3 Å². The predicted octanol–water partition coefficient (Wildman–Crippen LogP) is 0.616. The molecule has 2 rings (SSSR count). The van der Waals surface area contributed by atoms with Crippen LogP contribution in [0.5, 0.6) is 0 Å². The molecule has 0 aliphatic carbocycles. The average molecular weight is 282 g/mol. The van der Waals surface area contributed by atoms with Gasteiger partial charge >= 0.3 is 0 Å². The first-order valence-corrected chi connectivity index (χ1v) is 7.74. The smallest absolute Gasteiger partial charge is 0.224 e. The molecular formula is C13H18N2O3S. The summed E-state index contributed by atoms with van der Waals surface area (Å²) in [6, 6.07) is 6.67. The van der Waals surface area contributed by atoms with E-state index in [9.17, 15) is 13.2 Å². The molecular weight excluding hydrogens is 264 g/mol. The Labute approximate surface area is 113 Å². The molecule has 1 amide bonds. The molecule has 6 heteroatoms. The van der Waals surface area contributed by atoms with Gasteiger partial charge in [-0.15, -0.1) is 0 Å². The zero-order chi connectivity index (χ0) is 14.3. The number of benzene rings is 1. The van der Waals surface area contributed by atoms with Gasteiger partial charge in [-0.05, 0) is 25.5 Å². The Morgan fingerprint density at radius 3 is 2.68 bits per heavy atom. The van der Waals surface area contributed by atoms with E-state index in [2.05, 4.69) is 5.32 Å². The summed E-state index contributed by atoms with van der Waals surface area (Å²) in [4.78, 5) is 11.6. The fourth-order valence-corrected chi connectivity index (χ4v) is 3.86. The van der Waals surface area contributed by atoms with Crippen LogP contribution in [-0.4, -0.2) is 26.6 Å².